The second-order valence-corrected chi connectivity index (χ2v) is 7.22. The minimum Gasteiger partial charge on any atom is -0.496 e. The smallest absolute Gasteiger partial charge is 0.248 e. The fraction of sp³-hybridized carbons (Fsp3) is 0.227. The van der Waals surface area contributed by atoms with Crippen molar-refractivity contribution < 1.29 is 13.5 Å². The number of methoxy groups -OCH3 is 1. The van der Waals surface area contributed by atoms with E-state index in [1.807, 2.05) is 27.8 Å². The topological polar surface area (TPSA) is 81.2 Å². The molecule has 0 atom stereocenters. The summed E-state index contributed by atoms with van der Waals surface area (Å²) in [5.41, 5.74) is 2.48. The van der Waals surface area contributed by atoms with Crippen molar-refractivity contribution in [2.45, 2.75) is 19.9 Å². The van der Waals surface area contributed by atoms with Crippen molar-refractivity contribution in [1.29, 1.82) is 0 Å². The van der Waals surface area contributed by atoms with E-state index < -0.39 is 0 Å². The zero-order valence-corrected chi connectivity index (χ0v) is 17.2. The molecule has 0 saturated carbocycles. The third-order valence-electron chi connectivity index (χ3n) is 5.13. The minimum atomic E-state index is -0.262. The number of ether oxygens (including phenoxy) is 1. The number of fused-ring (bicyclic) bond motifs is 1. The first-order chi connectivity index (χ1) is 15.1. The fourth-order valence-corrected chi connectivity index (χ4v) is 3.67. The molecule has 1 N–H and O–H groups in total. The fourth-order valence-electron chi connectivity index (χ4n) is 3.67. The van der Waals surface area contributed by atoms with Crippen LogP contribution in [0.5, 0.6) is 5.75 Å². The summed E-state index contributed by atoms with van der Waals surface area (Å²) in [6, 6.07) is 12.1. The lowest BCUT2D eigenvalue weighted by Gasteiger charge is -2.27. The number of benzene rings is 2. The van der Waals surface area contributed by atoms with Gasteiger partial charge in [-0.2, -0.15) is 4.98 Å². The lowest BCUT2D eigenvalue weighted by molar-refractivity contribution is 0.414. The first kappa shape index (κ1) is 19.1. The molecule has 3 heterocycles. The predicted octanol–water partition coefficient (Wildman–Crippen LogP) is 4.67. The average Bonchev–Trinajstić information content (AvgIpc) is 3.39. The number of aromatic nitrogens is 4. The van der Waals surface area contributed by atoms with E-state index >= 15 is 0 Å². The van der Waals surface area contributed by atoms with Crippen LogP contribution >= 0.6 is 0 Å². The van der Waals surface area contributed by atoms with Gasteiger partial charge in [-0.3, -0.25) is 0 Å². The number of halogens is 1. The third kappa shape index (κ3) is 3.70. The summed E-state index contributed by atoms with van der Waals surface area (Å²) in [5, 5.41) is 7.83. The molecule has 2 aromatic heterocycles. The molecule has 0 radical (unpaired) electrons. The predicted molar refractivity (Wildman–Crippen MR) is 115 cm³/mol. The Kier molecular flexibility index (Phi) is 4.78. The molecule has 0 saturated heterocycles. The van der Waals surface area contributed by atoms with Crippen LogP contribution < -0.4 is 15.0 Å². The van der Waals surface area contributed by atoms with Crippen LogP contribution in [0.3, 0.4) is 0 Å². The van der Waals surface area contributed by atoms with Crippen LogP contribution in [0.4, 0.5) is 27.7 Å². The van der Waals surface area contributed by atoms with E-state index in [0.29, 0.717) is 23.3 Å². The van der Waals surface area contributed by atoms with Crippen molar-refractivity contribution in [3.8, 4) is 17.1 Å². The number of oxazole rings is 1. The van der Waals surface area contributed by atoms with Gasteiger partial charge in [0.2, 0.25) is 11.9 Å². The van der Waals surface area contributed by atoms with Crippen LogP contribution in [0, 0.1) is 12.7 Å². The Morgan fingerprint density at radius 2 is 1.97 bits per heavy atom. The lowest BCUT2D eigenvalue weighted by atomic mass is 10.1. The molecule has 9 heteroatoms. The molecule has 0 bridgehead atoms. The molecule has 158 valence electrons. The van der Waals surface area contributed by atoms with E-state index in [-0.39, 0.29) is 5.82 Å². The quantitative estimate of drug-likeness (QED) is 0.502. The molecular weight excluding hydrogens is 399 g/mol. The monoisotopic (exact) mass is 420 g/mol. The van der Waals surface area contributed by atoms with Gasteiger partial charge in [0.1, 0.15) is 11.6 Å². The van der Waals surface area contributed by atoms with Crippen LogP contribution in [0.1, 0.15) is 12.3 Å². The number of aryl methyl sites for hydroxylation is 2. The highest BCUT2D eigenvalue weighted by Gasteiger charge is 2.23. The van der Waals surface area contributed by atoms with Gasteiger partial charge in [-0.05, 0) is 42.8 Å². The van der Waals surface area contributed by atoms with Gasteiger partial charge < -0.3 is 19.4 Å². The highest BCUT2D eigenvalue weighted by Crippen LogP contribution is 2.34. The molecule has 0 spiro atoms. The maximum atomic E-state index is 13.3. The second-order valence-electron chi connectivity index (χ2n) is 7.22. The van der Waals surface area contributed by atoms with Crippen molar-refractivity contribution in [3.63, 3.8) is 0 Å². The first-order valence-corrected chi connectivity index (χ1v) is 9.96. The number of nitrogens with one attached hydrogen (secondary N) is 1. The van der Waals surface area contributed by atoms with E-state index in [1.54, 1.807) is 32.4 Å². The Balaban J connectivity index is 1.42. The molecule has 0 aliphatic carbocycles. The van der Waals surface area contributed by atoms with E-state index in [1.165, 1.54) is 12.1 Å². The summed E-state index contributed by atoms with van der Waals surface area (Å²) in [4.78, 5) is 10.9. The maximum absolute atomic E-state index is 13.3. The molecule has 0 fully saturated rings. The number of nitrogens with zero attached hydrogens (tertiary/aromatic N) is 5. The van der Waals surface area contributed by atoms with E-state index in [9.17, 15) is 4.39 Å². The number of rotatable bonds is 5. The van der Waals surface area contributed by atoms with Gasteiger partial charge in [0.05, 0.1) is 18.9 Å². The van der Waals surface area contributed by atoms with Crippen molar-refractivity contribution >= 4 is 23.3 Å². The highest BCUT2D eigenvalue weighted by molar-refractivity contribution is 5.71. The minimum absolute atomic E-state index is 0.262. The molecule has 0 unspecified atom stereocenters. The average molecular weight is 420 g/mol. The van der Waals surface area contributed by atoms with Crippen molar-refractivity contribution in [3.05, 3.63) is 60.4 Å². The van der Waals surface area contributed by atoms with Gasteiger partial charge >= 0.3 is 0 Å². The van der Waals surface area contributed by atoms with Crippen LogP contribution in [0.2, 0.25) is 0 Å². The van der Waals surface area contributed by atoms with Gasteiger partial charge in [0.15, 0.2) is 11.7 Å². The molecule has 2 aromatic carbocycles. The summed E-state index contributed by atoms with van der Waals surface area (Å²) in [6.07, 6.45) is 2.60. The van der Waals surface area contributed by atoms with Crippen molar-refractivity contribution in [1.82, 2.24) is 19.7 Å². The summed E-state index contributed by atoms with van der Waals surface area (Å²) in [7, 11) is 1.61. The summed E-state index contributed by atoms with van der Waals surface area (Å²) in [6.45, 7) is 3.37. The number of hydrogen-bond acceptors (Lipinski definition) is 7. The van der Waals surface area contributed by atoms with Gasteiger partial charge in [-0.25, -0.2) is 14.1 Å². The number of hydrogen-bond donors (Lipinski definition) is 1. The number of anilines is 4. The molecule has 4 aromatic rings. The summed E-state index contributed by atoms with van der Waals surface area (Å²) < 4.78 is 26.3. The van der Waals surface area contributed by atoms with E-state index in [4.69, 9.17) is 9.15 Å². The Labute approximate surface area is 178 Å². The maximum Gasteiger partial charge on any atom is 0.248 e. The molecule has 5 rings (SSSR count). The van der Waals surface area contributed by atoms with Crippen LogP contribution in [-0.2, 0) is 6.54 Å². The Bertz CT molecular complexity index is 1220. The molecule has 31 heavy (non-hydrogen) atoms. The van der Waals surface area contributed by atoms with Gasteiger partial charge in [0, 0.05) is 37.5 Å². The largest absolute Gasteiger partial charge is 0.496 e. The molecule has 1 aliphatic rings. The first-order valence-electron chi connectivity index (χ1n) is 9.96. The van der Waals surface area contributed by atoms with Crippen LogP contribution in [0.25, 0.3) is 11.3 Å². The Morgan fingerprint density at radius 1 is 1.13 bits per heavy atom. The summed E-state index contributed by atoms with van der Waals surface area (Å²) >= 11 is 0. The summed E-state index contributed by atoms with van der Waals surface area (Å²) in [5.74, 6) is 2.83. The second kappa shape index (κ2) is 7.75. The Hall–Kier alpha value is -3.88. The van der Waals surface area contributed by atoms with Crippen molar-refractivity contribution in [2.24, 2.45) is 0 Å². The standard InChI is InChI=1S/C22H21FN6O2/c1-14-24-13-20(31-14)18-9-6-16(12-19(18)30-2)25-21-26-22-28(10-3-11-29(22)27-21)17-7-4-15(23)5-8-17/h4-9,12-13H,3,10-11H2,1-2H3,(H,25,27). The van der Waals surface area contributed by atoms with Crippen LogP contribution in [0.15, 0.2) is 53.1 Å². The zero-order chi connectivity index (χ0) is 21.4. The Morgan fingerprint density at radius 3 is 2.71 bits per heavy atom. The SMILES string of the molecule is COc1cc(Nc2nc3n(n2)CCCN3c2ccc(F)cc2)ccc1-c1cnc(C)o1. The van der Waals surface area contributed by atoms with E-state index in [0.717, 1.165) is 42.4 Å². The van der Waals surface area contributed by atoms with Gasteiger partial charge in [-0.15, -0.1) is 5.10 Å². The molecule has 1 aliphatic heterocycles. The highest BCUT2D eigenvalue weighted by atomic mass is 19.1. The third-order valence-corrected chi connectivity index (χ3v) is 5.13. The van der Waals surface area contributed by atoms with Crippen LogP contribution in [-0.4, -0.2) is 33.4 Å². The molecule has 0 amide bonds. The van der Waals surface area contributed by atoms with Gasteiger partial charge in [0.25, 0.3) is 0 Å². The molecule has 8 nitrogen and oxygen atoms in total. The van der Waals surface area contributed by atoms with E-state index in [2.05, 4.69) is 20.4 Å². The zero-order valence-electron chi connectivity index (χ0n) is 17.2. The van der Waals surface area contributed by atoms with Gasteiger partial charge in [-0.1, -0.05) is 0 Å². The normalized spacial score (nSPS) is 13.2. The molecular formula is C22H21FN6O2. The van der Waals surface area contributed by atoms with Crippen molar-refractivity contribution in [2.75, 3.05) is 23.9 Å². The lowest BCUT2D eigenvalue weighted by Crippen LogP contribution is -2.28.